The third-order valence-corrected chi connectivity index (χ3v) is 2.95. The average Bonchev–Trinajstić information content (AvgIpc) is 3.05. The molecule has 2 nitrogen and oxygen atoms in total. The van der Waals surface area contributed by atoms with Crippen LogP contribution in [0.2, 0.25) is 0 Å². The molecule has 0 aliphatic heterocycles. The molecule has 1 aliphatic rings. The highest BCUT2D eigenvalue weighted by Gasteiger charge is 2.27. The Labute approximate surface area is 95.0 Å². The number of hydrogen-bond acceptors (Lipinski definition) is 2. The maximum absolute atomic E-state index is 5.58. The molecule has 0 radical (unpaired) electrons. The lowest BCUT2D eigenvalue weighted by atomic mass is 10.3. The molecule has 0 aromatic heterocycles. The van der Waals surface area contributed by atoms with Crippen molar-refractivity contribution in [1.82, 2.24) is 4.90 Å². The zero-order valence-corrected chi connectivity index (χ0v) is 10.5. The van der Waals surface area contributed by atoms with Crippen molar-refractivity contribution in [2.24, 2.45) is 0 Å². The van der Waals surface area contributed by atoms with Gasteiger partial charge >= 0.3 is 0 Å². The molecule has 15 heavy (non-hydrogen) atoms. The largest absolute Gasteiger partial charge is 0.381 e. The minimum atomic E-state index is 0.917. The van der Waals surface area contributed by atoms with E-state index in [1.54, 1.807) is 0 Å². The zero-order valence-electron chi connectivity index (χ0n) is 10.5. The molecule has 0 atom stereocenters. The summed E-state index contributed by atoms with van der Waals surface area (Å²) in [6, 6.07) is 0.917. The molecule has 0 bridgehead atoms. The SMILES string of the molecule is CCCCOCCCN(CCC)C1CC1. The Bertz CT molecular complexity index is 145. The molecule has 2 heteroatoms. The van der Waals surface area contributed by atoms with E-state index in [0.717, 1.165) is 19.3 Å². The summed E-state index contributed by atoms with van der Waals surface area (Å²) in [6.07, 6.45) is 7.80. The molecule has 0 aromatic carbocycles. The van der Waals surface area contributed by atoms with Gasteiger partial charge in [-0.05, 0) is 38.6 Å². The average molecular weight is 213 g/mol. The molecular weight excluding hydrogens is 186 g/mol. The van der Waals surface area contributed by atoms with Crippen LogP contribution in [0.4, 0.5) is 0 Å². The molecule has 90 valence electrons. The Hall–Kier alpha value is -0.0800. The second-order valence-electron chi connectivity index (χ2n) is 4.59. The van der Waals surface area contributed by atoms with E-state index in [1.807, 2.05) is 0 Å². The van der Waals surface area contributed by atoms with Crippen LogP contribution in [0.3, 0.4) is 0 Å². The molecule has 0 aromatic rings. The molecule has 0 heterocycles. The summed E-state index contributed by atoms with van der Waals surface area (Å²) in [4.78, 5) is 2.64. The predicted molar refractivity (Wildman–Crippen MR) is 65.2 cm³/mol. The first-order chi connectivity index (χ1) is 7.38. The van der Waals surface area contributed by atoms with Gasteiger partial charge in [-0.2, -0.15) is 0 Å². The van der Waals surface area contributed by atoms with E-state index < -0.39 is 0 Å². The van der Waals surface area contributed by atoms with Crippen molar-refractivity contribution in [3.05, 3.63) is 0 Å². The van der Waals surface area contributed by atoms with Crippen LogP contribution in [0.15, 0.2) is 0 Å². The molecule has 1 rings (SSSR count). The molecule has 1 saturated carbocycles. The summed E-state index contributed by atoms with van der Waals surface area (Å²) in [6.45, 7) is 8.90. The summed E-state index contributed by atoms with van der Waals surface area (Å²) in [5.41, 5.74) is 0. The quantitative estimate of drug-likeness (QED) is 0.517. The van der Waals surface area contributed by atoms with Crippen molar-refractivity contribution in [2.45, 2.75) is 58.4 Å². The number of unbranched alkanes of at least 4 members (excludes halogenated alkanes) is 1. The molecule has 1 fully saturated rings. The van der Waals surface area contributed by atoms with Gasteiger partial charge in [-0.15, -0.1) is 0 Å². The van der Waals surface area contributed by atoms with Crippen molar-refractivity contribution in [3.8, 4) is 0 Å². The maximum Gasteiger partial charge on any atom is 0.0478 e. The topological polar surface area (TPSA) is 12.5 Å². The number of hydrogen-bond donors (Lipinski definition) is 0. The van der Waals surface area contributed by atoms with Crippen LogP contribution < -0.4 is 0 Å². The van der Waals surface area contributed by atoms with Crippen molar-refractivity contribution in [1.29, 1.82) is 0 Å². The second-order valence-corrected chi connectivity index (χ2v) is 4.59. The summed E-state index contributed by atoms with van der Waals surface area (Å²) in [7, 11) is 0. The molecule has 0 N–H and O–H groups in total. The van der Waals surface area contributed by atoms with Crippen LogP contribution in [0, 0.1) is 0 Å². The minimum absolute atomic E-state index is 0.917. The lowest BCUT2D eigenvalue weighted by Crippen LogP contribution is -2.28. The highest BCUT2D eigenvalue weighted by Crippen LogP contribution is 2.26. The van der Waals surface area contributed by atoms with E-state index in [1.165, 1.54) is 51.6 Å². The Morgan fingerprint density at radius 3 is 2.33 bits per heavy atom. The standard InChI is InChI=1S/C13H27NO/c1-3-5-11-15-12-6-10-14(9-4-2)13-7-8-13/h13H,3-12H2,1-2H3. The van der Waals surface area contributed by atoms with Crippen LogP contribution in [0.5, 0.6) is 0 Å². The van der Waals surface area contributed by atoms with Gasteiger partial charge in [-0.3, -0.25) is 0 Å². The number of rotatable bonds is 10. The molecule has 0 spiro atoms. The molecule has 0 saturated heterocycles. The maximum atomic E-state index is 5.58. The van der Waals surface area contributed by atoms with Crippen molar-refractivity contribution in [3.63, 3.8) is 0 Å². The third kappa shape index (κ3) is 6.16. The normalized spacial score (nSPS) is 16.2. The van der Waals surface area contributed by atoms with E-state index >= 15 is 0 Å². The molecule has 1 aliphatic carbocycles. The fourth-order valence-corrected chi connectivity index (χ4v) is 1.92. The van der Waals surface area contributed by atoms with Gasteiger partial charge < -0.3 is 9.64 Å². The first-order valence-corrected chi connectivity index (χ1v) is 6.70. The van der Waals surface area contributed by atoms with E-state index in [2.05, 4.69) is 18.7 Å². The first-order valence-electron chi connectivity index (χ1n) is 6.70. The summed E-state index contributed by atoms with van der Waals surface area (Å²) >= 11 is 0. The van der Waals surface area contributed by atoms with E-state index in [4.69, 9.17) is 4.74 Å². The Morgan fingerprint density at radius 1 is 1.00 bits per heavy atom. The van der Waals surface area contributed by atoms with Crippen LogP contribution in [-0.2, 0) is 4.74 Å². The van der Waals surface area contributed by atoms with Gasteiger partial charge in [0.15, 0.2) is 0 Å². The fourth-order valence-electron chi connectivity index (χ4n) is 1.92. The van der Waals surface area contributed by atoms with Crippen molar-refractivity contribution in [2.75, 3.05) is 26.3 Å². The van der Waals surface area contributed by atoms with Gasteiger partial charge in [0, 0.05) is 25.8 Å². The zero-order chi connectivity index (χ0) is 10.9. The Balaban J connectivity index is 1.92. The number of nitrogens with zero attached hydrogens (tertiary/aromatic N) is 1. The monoisotopic (exact) mass is 213 g/mol. The van der Waals surface area contributed by atoms with Gasteiger partial charge in [0.05, 0.1) is 0 Å². The van der Waals surface area contributed by atoms with Gasteiger partial charge in [0.25, 0.3) is 0 Å². The van der Waals surface area contributed by atoms with Crippen LogP contribution in [-0.4, -0.2) is 37.2 Å². The van der Waals surface area contributed by atoms with Crippen molar-refractivity contribution >= 4 is 0 Å². The Kier molecular flexibility index (Phi) is 7.03. The van der Waals surface area contributed by atoms with Crippen LogP contribution >= 0.6 is 0 Å². The summed E-state index contributed by atoms with van der Waals surface area (Å²) in [5, 5.41) is 0. The highest BCUT2D eigenvalue weighted by molar-refractivity contribution is 4.83. The highest BCUT2D eigenvalue weighted by atomic mass is 16.5. The summed E-state index contributed by atoms with van der Waals surface area (Å²) in [5.74, 6) is 0. The second kappa shape index (κ2) is 8.12. The van der Waals surface area contributed by atoms with E-state index in [9.17, 15) is 0 Å². The van der Waals surface area contributed by atoms with Gasteiger partial charge in [-0.25, -0.2) is 0 Å². The minimum Gasteiger partial charge on any atom is -0.381 e. The lowest BCUT2D eigenvalue weighted by molar-refractivity contribution is 0.117. The first kappa shape index (κ1) is 13.0. The lowest BCUT2D eigenvalue weighted by Gasteiger charge is -2.20. The predicted octanol–water partition coefficient (Wildman–Crippen LogP) is 3.07. The molecular formula is C13H27NO. The summed E-state index contributed by atoms with van der Waals surface area (Å²) < 4.78 is 5.58. The van der Waals surface area contributed by atoms with Crippen molar-refractivity contribution < 1.29 is 4.74 Å². The van der Waals surface area contributed by atoms with Gasteiger partial charge in [0.2, 0.25) is 0 Å². The third-order valence-electron chi connectivity index (χ3n) is 2.95. The van der Waals surface area contributed by atoms with Gasteiger partial charge in [0.1, 0.15) is 0 Å². The van der Waals surface area contributed by atoms with E-state index in [-0.39, 0.29) is 0 Å². The number of ether oxygens (including phenoxy) is 1. The fraction of sp³-hybridized carbons (Fsp3) is 1.00. The van der Waals surface area contributed by atoms with E-state index in [0.29, 0.717) is 0 Å². The van der Waals surface area contributed by atoms with Gasteiger partial charge in [-0.1, -0.05) is 20.3 Å². The van der Waals surface area contributed by atoms with Crippen LogP contribution in [0.1, 0.15) is 52.4 Å². The smallest absolute Gasteiger partial charge is 0.0478 e. The molecule has 0 amide bonds. The Morgan fingerprint density at radius 2 is 1.73 bits per heavy atom. The van der Waals surface area contributed by atoms with Crippen LogP contribution in [0.25, 0.3) is 0 Å². The molecule has 0 unspecified atom stereocenters.